The van der Waals surface area contributed by atoms with Crippen molar-refractivity contribution >= 4 is 22.9 Å². The molecule has 0 aliphatic carbocycles. The molecule has 1 aliphatic rings. The van der Waals surface area contributed by atoms with Crippen LogP contribution < -0.4 is 0 Å². The number of benzene rings is 1. The molecule has 0 bridgehead atoms. The Morgan fingerprint density at radius 3 is 2.86 bits per heavy atom. The summed E-state index contributed by atoms with van der Waals surface area (Å²) in [6.07, 6.45) is 4.78. The van der Waals surface area contributed by atoms with Crippen molar-refractivity contribution in [3.63, 3.8) is 0 Å². The van der Waals surface area contributed by atoms with Crippen LogP contribution in [0, 0.1) is 0 Å². The zero-order valence-corrected chi connectivity index (χ0v) is 11.7. The van der Waals surface area contributed by atoms with Gasteiger partial charge in [0.1, 0.15) is 0 Å². The Kier molecular flexibility index (Phi) is 3.85. The van der Waals surface area contributed by atoms with Crippen LogP contribution in [-0.2, 0) is 9.53 Å². The number of nitrogens with zero attached hydrogens (tertiary/aromatic N) is 2. The quantitative estimate of drug-likeness (QED) is 0.872. The molecule has 1 N–H and O–H groups in total. The van der Waals surface area contributed by atoms with E-state index in [0.29, 0.717) is 5.56 Å². The molecule has 1 aromatic heterocycles. The summed E-state index contributed by atoms with van der Waals surface area (Å²) in [6, 6.07) is 5.07. The third-order valence-electron chi connectivity index (χ3n) is 3.69. The second-order valence-electron chi connectivity index (χ2n) is 5.15. The SMILES string of the molecule is O=C(OCC(=O)N1CCCCC1)c1ccc2nc[nH]c2c1. The molecule has 1 fully saturated rings. The monoisotopic (exact) mass is 287 g/mol. The molecular weight excluding hydrogens is 270 g/mol. The van der Waals surface area contributed by atoms with Crippen LogP contribution in [0.5, 0.6) is 0 Å². The number of piperidine rings is 1. The first-order valence-electron chi connectivity index (χ1n) is 7.12. The number of esters is 1. The topological polar surface area (TPSA) is 75.3 Å². The van der Waals surface area contributed by atoms with E-state index < -0.39 is 5.97 Å². The van der Waals surface area contributed by atoms with Crippen molar-refractivity contribution in [2.75, 3.05) is 19.7 Å². The van der Waals surface area contributed by atoms with Crippen molar-refractivity contribution in [2.45, 2.75) is 19.3 Å². The van der Waals surface area contributed by atoms with Crippen LogP contribution in [-0.4, -0.2) is 46.4 Å². The van der Waals surface area contributed by atoms with E-state index in [1.54, 1.807) is 29.4 Å². The van der Waals surface area contributed by atoms with Crippen LogP contribution in [0.4, 0.5) is 0 Å². The zero-order chi connectivity index (χ0) is 14.7. The highest BCUT2D eigenvalue weighted by Gasteiger charge is 2.18. The van der Waals surface area contributed by atoms with Gasteiger partial charge in [-0.05, 0) is 37.5 Å². The summed E-state index contributed by atoms with van der Waals surface area (Å²) < 4.78 is 5.10. The van der Waals surface area contributed by atoms with Crippen molar-refractivity contribution < 1.29 is 14.3 Å². The number of carbonyl (C=O) groups excluding carboxylic acids is 2. The normalized spacial score (nSPS) is 15.1. The zero-order valence-electron chi connectivity index (χ0n) is 11.7. The number of aromatic nitrogens is 2. The van der Waals surface area contributed by atoms with Gasteiger partial charge in [0.25, 0.3) is 5.91 Å². The molecule has 2 aromatic rings. The molecule has 110 valence electrons. The number of fused-ring (bicyclic) bond motifs is 1. The Morgan fingerprint density at radius 2 is 2.05 bits per heavy atom. The number of rotatable bonds is 3. The molecule has 0 atom stereocenters. The van der Waals surface area contributed by atoms with Gasteiger partial charge in [-0.15, -0.1) is 0 Å². The Bertz CT molecular complexity index is 659. The van der Waals surface area contributed by atoms with Gasteiger partial charge in [-0.1, -0.05) is 0 Å². The average molecular weight is 287 g/mol. The molecule has 0 radical (unpaired) electrons. The lowest BCUT2D eigenvalue weighted by molar-refractivity contribution is -0.135. The Labute approximate surface area is 122 Å². The molecule has 1 aromatic carbocycles. The molecule has 1 aliphatic heterocycles. The minimum absolute atomic E-state index is 0.120. The summed E-state index contributed by atoms with van der Waals surface area (Å²) >= 11 is 0. The number of aromatic amines is 1. The maximum Gasteiger partial charge on any atom is 0.338 e. The molecule has 6 heteroatoms. The molecule has 0 spiro atoms. The third kappa shape index (κ3) is 3.04. The van der Waals surface area contributed by atoms with Crippen LogP contribution in [0.15, 0.2) is 24.5 Å². The number of H-pyrrole nitrogens is 1. The first-order valence-corrected chi connectivity index (χ1v) is 7.12. The molecule has 1 amide bonds. The lowest BCUT2D eigenvalue weighted by Crippen LogP contribution is -2.38. The number of ether oxygens (including phenoxy) is 1. The second-order valence-corrected chi connectivity index (χ2v) is 5.15. The average Bonchev–Trinajstić information content (AvgIpc) is 3.00. The van der Waals surface area contributed by atoms with Gasteiger partial charge in [0.2, 0.25) is 0 Å². The van der Waals surface area contributed by atoms with Crippen LogP contribution in [0.2, 0.25) is 0 Å². The molecular formula is C15H17N3O3. The summed E-state index contributed by atoms with van der Waals surface area (Å²) in [5.41, 5.74) is 1.97. The summed E-state index contributed by atoms with van der Waals surface area (Å²) in [7, 11) is 0. The van der Waals surface area contributed by atoms with Crippen LogP contribution in [0.3, 0.4) is 0 Å². The van der Waals surface area contributed by atoms with Crippen LogP contribution in [0.1, 0.15) is 29.6 Å². The minimum atomic E-state index is -0.489. The predicted octanol–water partition coefficient (Wildman–Crippen LogP) is 1.73. The van der Waals surface area contributed by atoms with E-state index in [-0.39, 0.29) is 12.5 Å². The van der Waals surface area contributed by atoms with Gasteiger partial charge in [-0.2, -0.15) is 0 Å². The highest BCUT2D eigenvalue weighted by atomic mass is 16.5. The fourth-order valence-corrected chi connectivity index (χ4v) is 2.51. The van der Waals surface area contributed by atoms with Gasteiger partial charge in [0.15, 0.2) is 6.61 Å². The summed E-state index contributed by atoms with van der Waals surface area (Å²) in [6.45, 7) is 1.33. The van der Waals surface area contributed by atoms with E-state index in [0.717, 1.165) is 43.4 Å². The molecule has 0 saturated carbocycles. The number of imidazole rings is 1. The van der Waals surface area contributed by atoms with E-state index in [1.807, 2.05) is 0 Å². The summed E-state index contributed by atoms with van der Waals surface area (Å²) in [5, 5.41) is 0. The van der Waals surface area contributed by atoms with Gasteiger partial charge in [0.05, 0.1) is 22.9 Å². The van der Waals surface area contributed by atoms with Gasteiger partial charge < -0.3 is 14.6 Å². The molecule has 21 heavy (non-hydrogen) atoms. The molecule has 1 saturated heterocycles. The lowest BCUT2D eigenvalue weighted by atomic mass is 10.1. The number of carbonyl (C=O) groups is 2. The third-order valence-corrected chi connectivity index (χ3v) is 3.69. The lowest BCUT2D eigenvalue weighted by Gasteiger charge is -2.26. The van der Waals surface area contributed by atoms with E-state index >= 15 is 0 Å². The molecule has 0 unspecified atom stereocenters. The number of likely N-dealkylation sites (tertiary alicyclic amines) is 1. The van der Waals surface area contributed by atoms with Crippen molar-refractivity contribution in [3.05, 3.63) is 30.1 Å². The van der Waals surface area contributed by atoms with Gasteiger partial charge in [0, 0.05) is 13.1 Å². The summed E-state index contributed by atoms with van der Waals surface area (Å²) in [4.78, 5) is 32.7. The van der Waals surface area contributed by atoms with E-state index in [9.17, 15) is 9.59 Å². The fourth-order valence-electron chi connectivity index (χ4n) is 2.51. The maximum absolute atomic E-state index is 12.0. The summed E-state index contributed by atoms with van der Waals surface area (Å²) in [5.74, 6) is -0.609. The van der Waals surface area contributed by atoms with Crippen LogP contribution in [0.25, 0.3) is 11.0 Å². The van der Waals surface area contributed by atoms with Crippen LogP contribution >= 0.6 is 0 Å². The minimum Gasteiger partial charge on any atom is -0.452 e. The van der Waals surface area contributed by atoms with Gasteiger partial charge in [-0.3, -0.25) is 4.79 Å². The molecule has 2 heterocycles. The largest absolute Gasteiger partial charge is 0.452 e. The molecule has 3 rings (SSSR count). The smallest absolute Gasteiger partial charge is 0.338 e. The van der Waals surface area contributed by atoms with Crippen molar-refractivity contribution in [2.24, 2.45) is 0 Å². The number of amides is 1. The highest BCUT2D eigenvalue weighted by molar-refractivity contribution is 5.94. The van der Waals surface area contributed by atoms with Crippen molar-refractivity contribution in [1.82, 2.24) is 14.9 Å². The standard InChI is InChI=1S/C15H17N3O3/c19-14(18-6-2-1-3-7-18)9-21-15(20)11-4-5-12-13(8-11)17-10-16-12/h4-5,8,10H,1-3,6-7,9H2,(H,16,17). The van der Waals surface area contributed by atoms with Gasteiger partial charge in [-0.25, -0.2) is 9.78 Å². The number of nitrogens with one attached hydrogen (secondary N) is 1. The highest BCUT2D eigenvalue weighted by Crippen LogP contribution is 2.13. The van der Waals surface area contributed by atoms with Gasteiger partial charge >= 0.3 is 5.97 Å². The van der Waals surface area contributed by atoms with Crippen molar-refractivity contribution in [3.8, 4) is 0 Å². The number of hydrogen-bond acceptors (Lipinski definition) is 4. The maximum atomic E-state index is 12.0. The van der Waals surface area contributed by atoms with Crippen molar-refractivity contribution in [1.29, 1.82) is 0 Å². The number of hydrogen-bond donors (Lipinski definition) is 1. The second kappa shape index (κ2) is 5.95. The Balaban J connectivity index is 1.59. The Hall–Kier alpha value is -2.37. The van der Waals surface area contributed by atoms with E-state index in [1.165, 1.54) is 0 Å². The fraction of sp³-hybridized carbons (Fsp3) is 0.400. The molecule has 6 nitrogen and oxygen atoms in total. The Morgan fingerprint density at radius 1 is 1.24 bits per heavy atom. The predicted molar refractivity (Wildman–Crippen MR) is 76.8 cm³/mol. The van der Waals surface area contributed by atoms with E-state index in [2.05, 4.69) is 9.97 Å². The first kappa shape index (κ1) is 13.6. The van der Waals surface area contributed by atoms with E-state index in [4.69, 9.17) is 4.74 Å². The first-order chi connectivity index (χ1) is 10.2.